The predicted molar refractivity (Wildman–Crippen MR) is 217 cm³/mol. The number of ether oxygens (including phenoxy) is 1. The Kier molecular flexibility index (Phi) is 11.0. The molecule has 2 aromatic heterocycles. The van der Waals surface area contributed by atoms with Gasteiger partial charge in [0, 0.05) is 43.0 Å². The Balaban J connectivity index is 0.000000174. The van der Waals surface area contributed by atoms with E-state index in [-0.39, 0.29) is 29.7 Å². The molecule has 0 spiro atoms. The molecule has 5 N–H and O–H groups in total. The Morgan fingerprint density at radius 2 is 1.27 bits per heavy atom. The molecule has 12 nitrogen and oxygen atoms in total. The summed E-state index contributed by atoms with van der Waals surface area (Å²) in [6.45, 7) is 11.6. The second-order valence-corrected chi connectivity index (χ2v) is 14.9. The number of rotatable bonds is 7. The number of aromatic hydroxyl groups is 2. The van der Waals surface area contributed by atoms with Crippen LogP contribution in [-0.4, -0.2) is 81.1 Å². The summed E-state index contributed by atoms with van der Waals surface area (Å²) in [6, 6.07) is 26.7. The summed E-state index contributed by atoms with van der Waals surface area (Å²) in [5.41, 5.74) is 11.3. The van der Waals surface area contributed by atoms with E-state index in [9.17, 15) is 15.0 Å². The summed E-state index contributed by atoms with van der Waals surface area (Å²) in [6.07, 6.45) is 1.39. The maximum Gasteiger partial charge on any atom is 0.407 e. The molecule has 0 saturated carbocycles. The molecule has 2 fully saturated rings. The minimum absolute atomic E-state index is 0.0105. The van der Waals surface area contributed by atoms with E-state index in [1.54, 1.807) is 24.3 Å². The molecule has 2 saturated heterocycles. The van der Waals surface area contributed by atoms with E-state index in [4.69, 9.17) is 25.4 Å². The summed E-state index contributed by atoms with van der Waals surface area (Å²) >= 11 is 0. The minimum Gasteiger partial charge on any atom is -0.507 e. The minimum atomic E-state index is -0.376. The fourth-order valence-electron chi connectivity index (χ4n) is 7.00. The van der Waals surface area contributed by atoms with Gasteiger partial charge in [0.2, 0.25) is 0 Å². The third kappa shape index (κ3) is 8.54. The molecule has 55 heavy (non-hydrogen) atoms. The smallest absolute Gasteiger partial charge is 0.407 e. The lowest BCUT2D eigenvalue weighted by Gasteiger charge is -2.21. The fraction of sp³-hybridized carbons (Fsp3) is 0.326. The number of alkyl carbamates (subject to hydrolysis) is 1. The predicted octanol–water partition coefficient (Wildman–Crippen LogP) is 7.12. The molecule has 2 atom stereocenters. The molecule has 0 bridgehead atoms. The van der Waals surface area contributed by atoms with Gasteiger partial charge in [-0.05, 0) is 92.3 Å². The lowest BCUT2D eigenvalue weighted by Crippen LogP contribution is -2.38. The van der Waals surface area contributed by atoms with Crippen LogP contribution in [0.15, 0.2) is 84.9 Å². The summed E-state index contributed by atoms with van der Waals surface area (Å²) in [4.78, 5) is 35.5. The van der Waals surface area contributed by atoms with Crippen molar-refractivity contribution in [3.63, 3.8) is 0 Å². The molecule has 0 aliphatic carbocycles. The van der Waals surface area contributed by atoms with E-state index in [1.165, 1.54) is 0 Å². The third-order valence-corrected chi connectivity index (χ3v) is 9.84. The first kappa shape index (κ1) is 37.3. The zero-order chi connectivity index (χ0) is 38.6. The van der Waals surface area contributed by atoms with E-state index in [2.05, 4.69) is 38.3 Å². The van der Waals surface area contributed by atoms with E-state index >= 15 is 0 Å². The zero-order valence-corrected chi connectivity index (χ0v) is 31.7. The Morgan fingerprint density at radius 3 is 1.76 bits per heavy atom. The van der Waals surface area contributed by atoms with Crippen molar-refractivity contribution in [1.29, 1.82) is 0 Å². The first-order valence-electron chi connectivity index (χ1n) is 18.8. The Labute approximate surface area is 321 Å². The Bertz CT molecular complexity index is 2330. The van der Waals surface area contributed by atoms with E-state index in [0.717, 1.165) is 77.0 Å². The number of para-hydroxylation sites is 2. The SMILES string of the molecule is Cc1ccc2c(N3CC[C@@H](N)C3)nc(-c3ccccc3O)nc2c1.Cc1ccc2c(N3CC[C@@H](NC(=O)OCC(C)C)C3)nc(-c3ccccc3O)nc2c1. The molecule has 284 valence electrons. The van der Waals surface area contributed by atoms with E-state index in [0.29, 0.717) is 41.8 Å². The molecule has 2 aliphatic rings. The van der Waals surface area contributed by atoms with Crippen LogP contribution in [0.25, 0.3) is 44.6 Å². The van der Waals surface area contributed by atoms with Gasteiger partial charge >= 0.3 is 6.09 Å². The van der Waals surface area contributed by atoms with Crippen LogP contribution in [0.4, 0.5) is 16.4 Å². The maximum absolute atomic E-state index is 12.1. The van der Waals surface area contributed by atoms with Crippen LogP contribution in [0, 0.1) is 19.8 Å². The lowest BCUT2D eigenvalue weighted by atomic mass is 10.1. The molecule has 0 radical (unpaired) electrons. The number of hydrogen-bond donors (Lipinski definition) is 4. The monoisotopic (exact) mass is 740 g/mol. The zero-order valence-electron chi connectivity index (χ0n) is 31.7. The highest BCUT2D eigenvalue weighted by atomic mass is 16.5. The number of anilines is 2. The number of carbonyl (C=O) groups is 1. The number of fused-ring (bicyclic) bond motifs is 2. The first-order valence-corrected chi connectivity index (χ1v) is 18.8. The number of aromatic nitrogens is 4. The largest absolute Gasteiger partial charge is 0.507 e. The van der Waals surface area contributed by atoms with Gasteiger partial charge in [0.05, 0.1) is 34.8 Å². The highest BCUT2D eigenvalue weighted by Crippen LogP contribution is 2.35. The topological polar surface area (TPSA) is 163 Å². The van der Waals surface area contributed by atoms with Gasteiger partial charge in [-0.15, -0.1) is 0 Å². The summed E-state index contributed by atoms with van der Waals surface area (Å²) in [7, 11) is 0. The van der Waals surface area contributed by atoms with Crippen LogP contribution in [0.2, 0.25) is 0 Å². The van der Waals surface area contributed by atoms with Gasteiger partial charge in [0.1, 0.15) is 23.1 Å². The number of nitrogens with one attached hydrogen (secondary N) is 1. The van der Waals surface area contributed by atoms with Crippen molar-refractivity contribution in [1.82, 2.24) is 25.3 Å². The van der Waals surface area contributed by atoms with Crippen molar-refractivity contribution >= 4 is 39.5 Å². The van der Waals surface area contributed by atoms with Crippen LogP contribution < -0.4 is 20.9 Å². The molecule has 4 aromatic carbocycles. The lowest BCUT2D eigenvalue weighted by molar-refractivity contribution is 0.130. The quantitative estimate of drug-likeness (QED) is 0.132. The van der Waals surface area contributed by atoms with Gasteiger partial charge in [-0.1, -0.05) is 50.2 Å². The second kappa shape index (κ2) is 16.2. The van der Waals surface area contributed by atoms with Crippen LogP contribution in [0.5, 0.6) is 11.5 Å². The average molecular weight is 741 g/mol. The number of nitrogens with two attached hydrogens (primary N) is 1. The Morgan fingerprint density at radius 1 is 0.764 bits per heavy atom. The van der Waals surface area contributed by atoms with Gasteiger partial charge in [-0.2, -0.15) is 0 Å². The number of benzene rings is 4. The van der Waals surface area contributed by atoms with Crippen LogP contribution in [0.1, 0.15) is 37.8 Å². The molecule has 2 aliphatic heterocycles. The fourth-order valence-corrected chi connectivity index (χ4v) is 7.00. The molecule has 0 unspecified atom stereocenters. The van der Waals surface area contributed by atoms with Crippen molar-refractivity contribution in [3.8, 4) is 34.3 Å². The summed E-state index contributed by atoms with van der Waals surface area (Å²) in [5.74, 6) is 3.37. The Hall–Kier alpha value is -6.01. The van der Waals surface area contributed by atoms with Crippen molar-refractivity contribution in [2.45, 2.75) is 52.6 Å². The standard InChI is InChI=1S/C24H28N4O3.C19H20N4O/c1-15(2)14-31-24(30)25-17-10-11-28(13-17)23-18-9-8-16(3)12-20(18)26-22(27-23)19-6-4-5-7-21(19)29;1-12-6-7-14-16(10-12)21-18(15-4-2-3-5-17(15)24)22-19(14)23-9-8-13(20)11-23/h4-9,12,15,17,29H,10-11,13-14H2,1-3H3,(H,25,30);2-7,10,13,24H,8-9,11,20H2,1H3/t17-;13-/m11/s1. The number of carbonyl (C=O) groups excluding carboxylic acids is 1. The highest BCUT2D eigenvalue weighted by molar-refractivity contribution is 5.93. The van der Waals surface area contributed by atoms with Gasteiger partial charge in [0.15, 0.2) is 11.6 Å². The van der Waals surface area contributed by atoms with Crippen LogP contribution in [-0.2, 0) is 4.74 Å². The second-order valence-electron chi connectivity index (χ2n) is 14.9. The normalized spacial score (nSPS) is 16.8. The summed E-state index contributed by atoms with van der Waals surface area (Å²) < 4.78 is 5.26. The number of hydrogen-bond acceptors (Lipinski definition) is 11. The number of amides is 1. The van der Waals surface area contributed by atoms with Crippen molar-refractivity contribution < 1.29 is 19.7 Å². The number of aryl methyl sites for hydroxylation is 2. The maximum atomic E-state index is 12.1. The molecule has 12 heteroatoms. The summed E-state index contributed by atoms with van der Waals surface area (Å²) in [5, 5.41) is 25.4. The number of phenols is 2. The van der Waals surface area contributed by atoms with Gasteiger partial charge < -0.3 is 35.8 Å². The van der Waals surface area contributed by atoms with Crippen LogP contribution >= 0.6 is 0 Å². The van der Waals surface area contributed by atoms with Gasteiger partial charge in [-0.25, -0.2) is 24.7 Å². The first-order chi connectivity index (χ1) is 26.5. The van der Waals surface area contributed by atoms with Crippen molar-refractivity contribution in [2.75, 3.05) is 42.6 Å². The highest BCUT2D eigenvalue weighted by Gasteiger charge is 2.28. The number of nitrogens with zero attached hydrogens (tertiary/aromatic N) is 6. The molecule has 4 heterocycles. The molecule has 8 rings (SSSR count). The molecule has 1 amide bonds. The van der Waals surface area contributed by atoms with Gasteiger partial charge in [-0.3, -0.25) is 0 Å². The third-order valence-electron chi connectivity index (χ3n) is 9.84. The number of phenolic OH excluding ortho intramolecular Hbond substituents is 2. The van der Waals surface area contributed by atoms with Crippen molar-refractivity contribution in [2.24, 2.45) is 11.7 Å². The van der Waals surface area contributed by atoms with Gasteiger partial charge in [0.25, 0.3) is 0 Å². The molecule has 6 aromatic rings. The van der Waals surface area contributed by atoms with Crippen LogP contribution in [0.3, 0.4) is 0 Å². The average Bonchev–Trinajstić information content (AvgIpc) is 3.82. The van der Waals surface area contributed by atoms with E-state index < -0.39 is 0 Å². The van der Waals surface area contributed by atoms with Crippen molar-refractivity contribution in [3.05, 3.63) is 96.1 Å². The van der Waals surface area contributed by atoms with E-state index in [1.807, 2.05) is 70.2 Å². The molecular weight excluding hydrogens is 693 g/mol. The molecular formula is C43H48N8O4.